The van der Waals surface area contributed by atoms with Crippen LogP contribution in [0.3, 0.4) is 0 Å². The number of benzene rings is 2. The first-order chi connectivity index (χ1) is 39.0. The molecule has 0 aromatic heterocycles. The van der Waals surface area contributed by atoms with Crippen molar-refractivity contribution in [3.8, 4) is 17.2 Å². The van der Waals surface area contributed by atoms with Gasteiger partial charge < -0.3 is 107 Å². The summed E-state index contributed by atoms with van der Waals surface area (Å²) in [7, 11) is 2.64. The smallest absolute Gasteiger partial charge is 0.303 e. The minimum atomic E-state index is -1.96. The molecule has 25 atom stereocenters. The van der Waals surface area contributed by atoms with Crippen molar-refractivity contribution in [2.75, 3.05) is 14.2 Å². The van der Waals surface area contributed by atoms with Gasteiger partial charge in [0.25, 0.3) is 0 Å². The molecule has 0 radical (unpaired) electrons. The van der Waals surface area contributed by atoms with Crippen molar-refractivity contribution >= 4 is 34.3 Å². The third-order valence-electron chi connectivity index (χ3n) is 16.6. The van der Waals surface area contributed by atoms with E-state index < -0.39 is 188 Å². The molecular weight excluding hydrogens is 1100 g/mol. The first-order valence-corrected chi connectivity index (χ1v) is 28.2. The van der Waals surface area contributed by atoms with Gasteiger partial charge in [0.05, 0.1) is 65.9 Å². The highest BCUT2D eigenvalue weighted by Crippen LogP contribution is 2.48. The summed E-state index contributed by atoms with van der Waals surface area (Å²) in [5, 5.41) is 90.1. The Balaban J connectivity index is 1.04. The van der Waals surface area contributed by atoms with E-state index in [-0.39, 0.29) is 71.7 Å². The van der Waals surface area contributed by atoms with Crippen molar-refractivity contribution in [2.24, 2.45) is 5.92 Å². The van der Waals surface area contributed by atoms with Crippen LogP contribution in [-0.4, -0.2) is 225 Å². The summed E-state index contributed by atoms with van der Waals surface area (Å²) in [4.78, 5) is 53.2. The molecule has 0 unspecified atom stereocenters. The van der Waals surface area contributed by atoms with E-state index >= 15 is 4.79 Å². The SMILES string of the molecule is CO[C@H]1[C@H](O)C[C@@H](O[C@@H]2C[C@H](Oc3cc4cc5c(c(O)c4c(O)c3C)C(=O)[C@@H](O[C@H]3C[C@H](O[C@H]4C[C@H](O[C@H]6C[C@@](C)(O)[C@@H](OC(C)=O)[C@H](C)O6)[C@H](O)[C@@H](C)O4)[C@H](O)[C@@H](C)O3)[C@H]([C@H](OC)C(=O)[C@@H](O)[C@@H](C)O)C5)O[C@H](C)[C@H]2OC(C)=O)O[C@@H]1C. The molecule has 26 nitrogen and oxygen atoms in total. The normalized spacial score (nSPS) is 39.7. The lowest BCUT2D eigenvalue weighted by molar-refractivity contribution is -0.334. The van der Waals surface area contributed by atoms with Crippen LogP contribution >= 0.6 is 0 Å². The molecule has 2 aromatic carbocycles. The molecule has 26 heteroatoms. The van der Waals surface area contributed by atoms with E-state index in [1.165, 1.54) is 67.9 Å². The quantitative estimate of drug-likeness (QED) is 0.0982. The first kappa shape index (κ1) is 64.7. The Labute approximate surface area is 480 Å². The van der Waals surface area contributed by atoms with Crippen LogP contribution in [0, 0.1) is 12.8 Å². The maximum atomic E-state index is 15.1. The lowest BCUT2D eigenvalue weighted by Crippen LogP contribution is -2.59. The highest BCUT2D eigenvalue weighted by Gasteiger charge is 2.52. The van der Waals surface area contributed by atoms with Crippen LogP contribution < -0.4 is 4.74 Å². The van der Waals surface area contributed by atoms with Crippen molar-refractivity contribution in [2.45, 2.75) is 255 Å². The number of aromatic hydroxyl groups is 2. The monoisotopic (exact) mass is 1180 g/mol. The number of Topliss-reactive ketones (excluding diaryl/α,β-unsaturated/α-hetero) is 2. The number of fused-ring (bicyclic) bond motifs is 2. The molecule has 5 fully saturated rings. The summed E-state index contributed by atoms with van der Waals surface area (Å²) < 4.78 is 84.2. The number of rotatable bonds is 18. The molecule has 5 saturated heterocycles. The van der Waals surface area contributed by atoms with Crippen LogP contribution in [0.25, 0.3) is 10.8 Å². The van der Waals surface area contributed by atoms with Gasteiger partial charge in [0.15, 0.2) is 48.9 Å². The number of ether oxygens (including phenoxy) is 14. The summed E-state index contributed by atoms with van der Waals surface area (Å²) in [6.45, 7) is 14.8. The average Bonchev–Trinajstić information content (AvgIpc) is 3.47. The molecule has 8 rings (SSSR count). The fourth-order valence-electron chi connectivity index (χ4n) is 12.4. The average molecular weight is 1180 g/mol. The number of carbonyl (C=O) groups excluding carboxylic acids is 4. The highest BCUT2D eigenvalue weighted by molar-refractivity contribution is 6.11. The van der Waals surface area contributed by atoms with E-state index in [0.717, 1.165) is 0 Å². The number of carbonyl (C=O) groups is 4. The fourth-order valence-corrected chi connectivity index (χ4v) is 12.4. The molecule has 2 aromatic rings. The molecule has 8 N–H and O–H groups in total. The highest BCUT2D eigenvalue weighted by atomic mass is 16.7. The number of hydrogen-bond donors (Lipinski definition) is 8. The second kappa shape index (κ2) is 26.4. The molecular formula is C57H82O26. The number of aliphatic hydroxyl groups excluding tert-OH is 5. The third-order valence-corrected chi connectivity index (χ3v) is 16.6. The number of methoxy groups -OCH3 is 2. The fraction of sp³-hybridized carbons (Fsp3) is 0.754. The number of aliphatic hydroxyl groups is 6. The maximum Gasteiger partial charge on any atom is 0.303 e. The Hall–Kier alpha value is -4.30. The van der Waals surface area contributed by atoms with E-state index in [1.807, 2.05) is 0 Å². The second-order valence-corrected chi connectivity index (χ2v) is 23.1. The van der Waals surface area contributed by atoms with Crippen LogP contribution in [0.2, 0.25) is 0 Å². The predicted octanol–water partition coefficient (Wildman–Crippen LogP) is 1.55. The van der Waals surface area contributed by atoms with Crippen molar-refractivity contribution in [1.82, 2.24) is 0 Å². The summed E-state index contributed by atoms with van der Waals surface area (Å²) in [5.41, 5.74) is -1.51. The van der Waals surface area contributed by atoms with E-state index in [9.17, 15) is 55.2 Å². The Morgan fingerprint density at radius 1 is 0.687 bits per heavy atom. The molecule has 0 bridgehead atoms. The molecule has 0 spiro atoms. The summed E-state index contributed by atoms with van der Waals surface area (Å²) in [5.74, 6) is -5.32. The number of phenols is 2. The first-order valence-electron chi connectivity index (χ1n) is 28.2. The van der Waals surface area contributed by atoms with Gasteiger partial charge in [-0.15, -0.1) is 0 Å². The molecule has 0 amide bonds. The van der Waals surface area contributed by atoms with Crippen LogP contribution in [0.15, 0.2) is 12.1 Å². The van der Waals surface area contributed by atoms with Crippen molar-refractivity contribution in [1.29, 1.82) is 0 Å². The topological polar surface area (TPSA) is 359 Å². The third kappa shape index (κ3) is 13.9. The summed E-state index contributed by atoms with van der Waals surface area (Å²) in [6.07, 6.45) is -25.9. The number of ketones is 2. The molecule has 466 valence electrons. The zero-order valence-electron chi connectivity index (χ0n) is 48.7. The van der Waals surface area contributed by atoms with Gasteiger partial charge >= 0.3 is 11.9 Å². The Morgan fingerprint density at radius 3 is 1.78 bits per heavy atom. The Kier molecular flexibility index (Phi) is 20.5. The zero-order chi connectivity index (χ0) is 60.8. The number of esters is 2. The van der Waals surface area contributed by atoms with Crippen molar-refractivity contribution in [3.63, 3.8) is 0 Å². The second-order valence-electron chi connectivity index (χ2n) is 23.1. The van der Waals surface area contributed by atoms with Crippen LogP contribution in [-0.2, 0) is 82.4 Å². The van der Waals surface area contributed by atoms with Gasteiger partial charge in [-0.25, -0.2) is 0 Å². The summed E-state index contributed by atoms with van der Waals surface area (Å²) >= 11 is 0. The van der Waals surface area contributed by atoms with E-state index in [2.05, 4.69) is 0 Å². The Bertz CT molecular complexity index is 2620. The molecule has 0 saturated carbocycles. The van der Waals surface area contributed by atoms with Gasteiger partial charge in [-0.05, 0) is 84.9 Å². The largest absolute Gasteiger partial charge is 0.507 e. The molecule has 83 heavy (non-hydrogen) atoms. The molecule has 5 heterocycles. The lowest BCUT2D eigenvalue weighted by atomic mass is 9.75. The minimum Gasteiger partial charge on any atom is -0.507 e. The van der Waals surface area contributed by atoms with Gasteiger partial charge in [-0.3, -0.25) is 19.2 Å². The Morgan fingerprint density at radius 2 is 1.22 bits per heavy atom. The van der Waals surface area contributed by atoms with Gasteiger partial charge in [0.1, 0.15) is 65.6 Å². The number of phenolic OH excluding ortho intramolecular Hbond substituents is 2. The minimum absolute atomic E-state index is 0.0251. The number of hydrogen-bond acceptors (Lipinski definition) is 26. The van der Waals surface area contributed by atoms with Crippen LogP contribution in [0.4, 0.5) is 0 Å². The predicted molar refractivity (Wildman–Crippen MR) is 282 cm³/mol. The molecule has 5 aliphatic heterocycles. The van der Waals surface area contributed by atoms with Gasteiger partial charge in [0, 0.05) is 71.7 Å². The van der Waals surface area contributed by atoms with E-state index in [0.29, 0.717) is 0 Å². The maximum absolute atomic E-state index is 15.1. The lowest BCUT2D eigenvalue weighted by Gasteiger charge is -2.46. The molecule has 6 aliphatic rings. The van der Waals surface area contributed by atoms with E-state index in [4.69, 9.17) is 66.3 Å². The molecule has 1 aliphatic carbocycles. The standard InChI is InChI=1S/C57H82O26/c1-21-34(79-40-19-37(53(26(6)75-40)77-28(8)59)82-38-16-33(61)52(70-11)25(5)74-38)15-31-13-30-14-32(54(71-12)51(68)46(63)22(2)58)55(50(67)44(30)49(66)43(31)45(21)62)83-41-18-35(47(64)24(4)73-41)80-39-17-36(48(65)23(3)72-39)81-42-20-57(10,69)56(27(7)76-42)78-29(9)60/h13,15,22-27,32-33,35-42,46-48,52-56,58,61-66,69H,14,16-20H2,1-12H3/t22-,23-,24-,25-,26-,27+,32+,33-,35+,36+,37-,38-,39+,40+,41+,42+,46+,47-,48-,52-,53-,54+,55+,56+,57-/m1/s1. The van der Waals surface area contributed by atoms with Gasteiger partial charge in [0.2, 0.25) is 6.29 Å². The zero-order valence-corrected chi connectivity index (χ0v) is 48.7. The van der Waals surface area contributed by atoms with Crippen LogP contribution in [0.5, 0.6) is 17.2 Å². The van der Waals surface area contributed by atoms with Crippen molar-refractivity contribution < 1.29 is 126 Å². The van der Waals surface area contributed by atoms with E-state index in [1.54, 1.807) is 27.7 Å². The van der Waals surface area contributed by atoms with Gasteiger partial charge in [-0.1, -0.05) is 0 Å². The van der Waals surface area contributed by atoms with Gasteiger partial charge in [-0.2, -0.15) is 0 Å². The van der Waals surface area contributed by atoms with Crippen molar-refractivity contribution in [3.05, 3.63) is 28.8 Å². The van der Waals surface area contributed by atoms with Crippen LogP contribution in [0.1, 0.15) is 116 Å². The summed E-state index contributed by atoms with van der Waals surface area (Å²) in [6, 6.07) is 3.04.